The van der Waals surface area contributed by atoms with E-state index in [9.17, 15) is 4.79 Å². The van der Waals surface area contributed by atoms with E-state index in [-0.39, 0.29) is 18.0 Å². The molecule has 1 atom stereocenters. The molecule has 0 aliphatic heterocycles. The zero-order chi connectivity index (χ0) is 16.1. The van der Waals surface area contributed by atoms with E-state index in [1.54, 1.807) is 11.9 Å². The second-order valence-corrected chi connectivity index (χ2v) is 5.89. The molecule has 0 saturated carbocycles. The van der Waals surface area contributed by atoms with Gasteiger partial charge < -0.3 is 10.2 Å². The van der Waals surface area contributed by atoms with Crippen molar-refractivity contribution >= 4 is 17.6 Å². The first-order chi connectivity index (χ1) is 10.5. The molecule has 2 rings (SSSR count). The van der Waals surface area contributed by atoms with Crippen molar-refractivity contribution in [2.45, 2.75) is 26.4 Å². The van der Waals surface area contributed by atoms with Crippen molar-refractivity contribution in [1.29, 1.82) is 0 Å². The van der Waals surface area contributed by atoms with E-state index in [0.717, 1.165) is 5.56 Å². The average molecular weight is 322 g/mol. The molecule has 0 fully saturated rings. The summed E-state index contributed by atoms with van der Waals surface area (Å²) in [5.74, 6) is 0.846. The molecule has 2 aromatic rings. The Bertz CT molecular complexity index is 614. The Morgan fingerprint density at radius 1 is 1.41 bits per heavy atom. The highest BCUT2D eigenvalue weighted by atomic mass is 35.5. The number of urea groups is 1. The molecule has 118 valence electrons. The van der Waals surface area contributed by atoms with Gasteiger partial charge in [0.15, 0.2) is 0 Å². The van der Waals surface area contributed by atoms with Crippen LogP contribution < -0.4 is 5.32 Å². The molecule has 0 bridgehead atoms. The molecule has 0 aliphatic rings. The number of hydrogen-bond donors (Lipinski definition) is 2. The highest BCUT2D eigenvalue weighted by Crippen LogP contribution is 2.28. The van der Waals surface area contributed by atoms with Crippen LogP contribution in [-0.4, -0.2) is 33.2 Å². The predicted molar refractivity (Wildman–Crippen MR) is 85.4 cm³/mol. The molecule has 0 spiro atoms. The Labute approximate surface area is 134 Å². The lowest BCUT2D eigenvalue weighted by Crippen LogP contribution is -2.40. The Morgan fingerprint density at radius 2 is 2.14 bits per heavy atom. The van der Waals surface area contributed by atoms with Gasteiger partial charge >= 0.3 is 6.03 Å². The lowest BCUT2D eigenvalue weighted by molar-refractivity contribution is 0.198. The first-order valence-electron chi connectivity index (χ1n) is 7.09. The monoisotopic (exact) mass is 321 g/mol. The molecule has 1 heterocycles. The summed E-state index contributed by atoms with van der Waals surface area (Å²) in [4.78, 5) is 17.9. The molecule has 0 radical (unpaired) electrons. The lowest BCUT2D eigenvalue weighted by Gasteiger charge is -2.26. The number of nitrogens with zero attached hydrogens (tertiary/aromatic N) is 3. The van der Waals surface area contributed by atoms with Crippen LogP contribution in [0, 0.1) is 5.92 Å². The first kappa shape index (κ1) is 16.3. The fourth-order valence-corrected chi connectivity index (χ4v) is 2.43. The number of aromatic nitrogens is 3. The first-order valence-corrected chi connectivity index (χ1v) is 7.47. The minimum atomic E-state index is -0.185. The molecule has 2 amide bonds. The van der Waals surface area contributed by atoms with Crippen molar-refractivity contribution in [2.24, 2.45) is 5.92 Å². The van der Waals surface area contributed by atoms with E-state index < -0.39 is 0 Å². The van der Waals surface area contributed by atoms with Crippen LogP contribution in [0.2, 0.25) is 5.02 Å². The van der Waals surface area contributed by atoms with Gasteiger partial charge in [0.2, 0.25) is 0 Å². The minimum absolute atomic E-state index is 0.154. The number of aromatic amines is 1. The van der Waals surface area contributed by atoms with Gasteiger partial charge in [-0.3, -0.25) is 5.10 Å². The molecule has 1 unspecified atom stereocenters. The number of nitrogens with one attached hydrogen (secondary N) is 2. The van der Waals surface area contributed by atoms with Gasteiger partial charge in [-0.25, -0.2) is 9.78 Å². The molecule has 2 N–H and O–H groups in total. The van der Waals surface area contributed by atoms with Crippen LogP contribution in [0.4, 0.5) is 4.79 Å². The van der Waals surface area contributed by atoms with Gasteiger partial charge in [0.1, 0.15) is 12.2 Å². The number of amides is 2. The zero-order valence-electron chi connectivity index (χ0n) is 12.9. The molecule has 7 heteroatoms. The Kier molecular flexibility index (Phi) is 5.38. The largest absolute Gasteiger partial charge is 0.331 e. The Morgan fingerprint density at radius 3 is 2.73 bits per heavy atom. The lowest BCUT2D eigenvalue weighted by atomic mass is 9.96. The van der Waals surface area contributed by atoms with Gasteiger partial charge in [-0.1, -0.05) is 43.6 Å². The van der Waals surface area contributed by atoms with Crippen molar-refractivity contribution in [1.82, 2.24) is 25.4 Å². The summed E-state index contributed by atoms with van der Waals surface area (Å²) in [7, 11) is 1.71. The van der Waals surface area contributed by atoms with Crippen molar-refractivity contribution in [3.8, 4) is 0 Å². The van der Waals surface area contributed by atoms with Gasteiger partial charge in [0.05, 0.1) is 12.6 Å². The normalized spacial score (nSPS) is 12.2. The number of H-pyrrole nitrogens is 1. The fourth-order valence-electron chi connectivity index (χ4n) is 2.18. The SMILES string of the molecule is CC(C)C(NC(=O)N(C)Cc1ncn[nH]1)c1ccccc1Cl. The Hall–Kier alpha value is -2.08. The van der Waals surface area contributed by atoms with E-state index in [2.05, 4.69) is 20.5 Å². The Balaban J connectivity index is 2.08. The topological polar surface area (TPSA) is 73.9 Å². The average Bonchev–Trinajstić information content (AvgIpc) is 2.98. The fraction of sp³-hybridized carbons (Fsp3) is 0.400. The second kappa shape index (κ2) is 7.26. The van der Waals surface area contributed by atoms with Crippen molar-refractivity contribution < 1.29 is 4.79 Å². The third-order valence-corrected chi connectivity index (χ3v) is 3.73. The molecular weight excluding hydrogens is 302 g/mol. The van der Waals surface area contributed by atoms with Crippen LogP contribution in [-0.2, 0) is 6.54 Å². The van der Waals surface area contributed by atoms with Crippen LogP contribution in [0.15, 0.2) is 30.6 Å². The maximum atomic E-state index is 12.4. The smallest absolute Gasteiger partial charge is 0.318 e. The molecule has 1 aromatic carbocycles. The third kappa shape index (κ3) is 3.98. The van der Waals surface area contributed by atoms with Crippen LogP contribution in [0.1, 0.15) is 31.3 Å². The van der Waals surface area contributed by atoms with Crippen molar-refractivity contribution in [2.75, 3.05) is 7.05 Å². The molecule has 1 aromatic heterocycles. The van der Waals surface area contributed by atoms with E-state index in [0.29, 0.717) is 17.4 Å². The van der Waals surface area contributed by atoms with Gasteiger partial charge in [-0.05, 0) is 17.5 Å². The van der Waals surface area contributed by atoms with Crippen molar-refractivity contribution in [3.63, 3.8) is 0 Å². The third-order valence-electron chi connectivity index (χ3n) is 3.38. The van der Waals surface area contributed by atoms with Crippen LogP contribution in [0.25, 0.3) is 0 Å². The number of hydrogen-bond acceptors (Lipinski definition) is 3. The van der Waals surface area contributed by atoms with E-state index >= 15 is 0 Å². The van der Waals surface area contributed by atoms with Gasteiger partial charge in [-0.15, -0.1) is 0 Å². The summed E-state index contributed by atoms with van der Waals surface area (Å²) in [6, 6.07) is 7.22. The molecule has 6 nitrogen and oxygen atoms in total. The predicted octanol–water partition coefficient (Wildman–Crippen LogP) is 3.00. The van der Waals surface area contributed by atoms with Gasteiger partial charge in [0.25, 0.3) is 0 Å². The molecule has 22 heavy (non-hydrogen) atoms. The van der Waals surface area contributed by atoms with Gasteiger partial charge in [-0.2, -0.15) is 5.10 Å². The van der Waals surface area contributed by atoms with Crippen LogP contribution in [0.5, 0.6) is 0 Å². The van der Waals surface area contributed by atoms with Gasteiger partial charge in [0, 0.05) is 12.1 Å². The number of benzene rings is 1. The summed E-state index contributed by atoms with van der Waals surface area (Å²) in [5, 5.41) is 10.2. The maximum Gasteiger partial charge on any atom is 0.318 e. The minimum Gasteiger partial charge on any atom is -0.331 e. The summed E-state index contributed by atoms with van der Waals surface area (Å²) < 4.78 is 0. The second-order valence-electron chi connectivity index (χ2n) is 5.48. The quantitative estimate of drug-likeness (QED) is 0.889. The standard InChI is InChI=1S/C15H20ClN5O/c1-10(2)14(11-6-4-5-7-12(11)16)19-15(22)21(3)8-13-17-9-18-20-13/h4-7,9-10,14H,8H2,1-3H3,(H,19,22)(H,17,18,20). The number of carbonyl (C=O) groups excluding carboxylic acids is 1. The maximum absolute atomic E-state index is 12.4. The molecular formula is C15H20ClN5O. The van der Waals surface area contributed by atoms with Crippen LogP contribution >= 0.6 is 11.6 Å². The van der Waals surface area contributed by atoms with E-state index in [1.165, 1.54) is 6.33 Å². The van der Waals surface area contributed by atoms with E-state index in [1.807, 2.05) is 38.1 Å². The summed E-state index contributed by atoms with van der Waals surface area (Å²) >= 11 is 6.25. The van der Waals surface area contributed by atoms with E-state index in [4.69, 9.17) is 11.6 Å². The van der Waals surface area contributed by atoms with Crippen LogP contribution in [0.3, 0.4) is 0 Å². The number of halogens is 1. The number of rotatable bonds is 5. The summed E-state index contributed by atoms with van der Waals surface area (Å²) in [6.45, 7) is 4.45. The summed E-state index contributed by atoms with van der Waals surface area (Å²) in [6.07, 6.45) is 1.42. The number of carbonyl (C=O) groups is 1. The molecule has 0 aliphatic carbocycles. The highest BCUT2D eigenvalue weighted by Gasteiger charge is 2.22. The highest BCUT2D eigenvalue weighted by molar-refractivity contribution is 6.31. The zero-order valence-corrected chi connectivity index (χ0v) is 13.6. The van der Waals surface area contributed by atoms with Crippen molar-refractivity contribution in [3.05, 3.63) is 47.0 Å². The summed E-state index contributed by atoms with van der Waals surface area (Å²) in [5.41, 5.74) is 0.917. The molecule has 0 saturated heterocycles.